The number of benzene rings is 1. The van der Waals surface area contributed by atoms with Gasteiger partial charge in [-0.05, 0) is 43.4 Å². The van der Waals surface area contributed by atoms with Gasteiger partial charge in [-0.3, -0.25) is 9.59 Å². The SMILES string of the molecule is CCCCCNC(=O)C1CCN(C(=O)CCc2ccc(OC)c(OC)c2)CC1. The molecule has 28 heavy (non-hydrogen) atoms. The molecule has 0 aliphatic carbocycles. The zero-order chi connectivity index (χ0) is 20.4. The average Bonchev–Trinajstić information content (AvgIpc) is 2.74. The minimum absolute atomic E-state index is 0.0384. The number of hydrogen-bond donors (Lipinski definition) is 1. The highest BCUT2D eigenvalue weighted by Gasteiger charge is 2.26. The lowest BCUT2D eigenvalue weighted by atomic mass is 9.95. The number of ether oxygens (including phenoxy) is 2. The van der Waals surface area contributed by atoms with E-state index in [-0.39, 0.29) is 17.7 Å². The Bertz CT molecular complexity index is 639. The molecular weight excluding hydrogens is 356 g/mol. The second kappa shape index (κ2) is 11.6. The number of rotatable bonds is 10. The number of piperidine rings is 1. The highest BCUT2D eigenvalue weighted by molar-refractivity contribution is 5.80. The van der Waals surface area contributed by atoms with Crippen molar-refractivity contribution in [1.82, 2.24) is 10.2 Å². The lowest BCUT2D eigenvalue weighted by Gasteiger charge is -2.31. The lowest BCUT2D eigenvalue weighted by Crippen LogP contribution is -2.43. The van der Waals surface area contributed by atoms with Crippen LogP contribution >= 0.6 is 0 Å². The zero-order valence-corrected chi connectivity index (χ0v) is 17.5. The van der Waals surface area contributed by atoms with Crippen molar-refractivity contribution in [2.45, 2.75) is 51.9 Å². The molecule has 0 atom stereocenters. The molecule has 0 spiro atoms. The van der Waals surface area contributed by atoms with Gasteiger partial charge in [-0.2, -0.15) is 0 Å². The van der Waals surface area contributed by atoms with Gasteiger partial charge in [0.1, 0.15) is 0 Å². The fraction of sp³-hybridized carbons (Fsp3) is 0.636. The van der Waals surface area contributed by atoms with Gasteiger partial charge < -0.3 is 19.7 Å². The number of methoxy groups -OCH3 is 2. The average molecular weight is 391 g/mol. The first-order chi connectivity index (χ1) is 13.6. The van der Waals surface area contributed by atoms with Crippen molar-refractivity contribution in [2.24, 2.45) is 5.92 Å². The fourth-order valence-electron chi connectivity index (χ4n) is 3.57. The molecule has 0 saturated carbocycles. The molecule has 1 heterocycles. The molecule has 0 unspecified atom stereocenters. The molecule has 1 aromatic rings. The summed E-state index contributed by atoms with van der Waals surface area (Å²) in [4.78, 5) is 26.7. The van der Waals surface area contributed by atoms with E-state index in [0.717, 1.165) is 44.2 Å². The molecule has 0 bridgehead atoms. The number of carbonyl (C=O) groups is 2. The van der Waals surface area contributed by atoms with E-state index in [1.54, 1.807) is 14.2 Å². The highest BCUT2D eigenvalue weighted by Crippen LogP contribution is 2.28. The zero-order valence-electron chi connectivity index (χ0n) is 17.5. The van der Waals surface area contributed by atoms with E-state index in [0.29, 0.717) is 37.4 Å². The van der Waals surface area contributed by atoms with Crippen LogP contribution in [0.3, 0.4) is 0 Å². The number of likely N-dealkylation sites (tertiary alicyclic amines) is 1. The molecule has 1 saturated heterocycles. The molecule has 1 aliphatic rings. The Hall–Kier alpha value is -2.24. The van der Waals surface area contributed by atoms with E-state index in [2.05, 4.69) is 12.2 Å². The van der Waals surface area contributed by atoms with Crippen molar-refractivity contribution in [2.75, 3.05) is 33.9 Å². The van der Waals surface area contributed by atoms with Crippen LogP contribution in [0.25, 0.3) is 0 Å². The van der Waals surface area contributed by atoms with Crippen molar-refractivity contribution < 1.29 is 19.1 Å². The Labute approximate surface area is 168 Å². The molecule has 1 aromatic carbocycles. The van der Waals surface area contributed by atoms with E-state index in [1.165, 1.54) is 0 Å². The van der Waals surface area contributed by atoms with E-state index >= 15 is 0 Å². The first-order valence-electron chi connectivity index (χ1n) is 10.4. The van der Waals surface area contributed by atoms with Gasteiger partial charge in [-0.15, -0.1) is 0 Å². The third-order valence-electron chi connectivity index (χ3n) is 5.37. The minimum atomic E-state index is 0.0384. The minimum Gasteiger partial charge on any atom is -0.493 e. The molecule has 1 fully saturated rings. The summed E-state index contributed by atoms with van der Waals surface area (Å²) in [5.41, 5.74) is 1.05. The predicted molar refractivity (Wildman–Crippen MR) is 110 cm³/mol. The molecule has 2 amide bonds. The van der Waals surface area contributed by atoms with Crippen LogP contribution in [0.15, 0.2) is 18.2 Å². The van der Waals surface area contributed by atoms with Gasteiger partial charge >= 0.3 is 0 Å². The van der Waals surface area contributed by atoms with E-state index in [1.807, 2.05) is 23.1 Å². The quantitative estimate of drug-likeness (QED) is 0.623. The van der Waals surface area contributed by atoms with Crippen LogP contribution in [0.2, 0.25) is 0 Å². The highest BCUT2D eigenvalue weighted by atomic mass is 16.5. The van der Waals surface area contributed by atoms with Gasteiger partial charge in [0.25, 0.3) is 0 Å². The summed E-state index contributed by atoms with van der Waals surface area (Å²) < 4.78 is 10.6. The summed E-state index contributed by atoms with van der Waals surface area (Å²) in [6.07, 6.45) is 5.96. The Balaban J connectivity index is 1.74. The summed E-state index contributed by atoms with van der Waals surface area (Å²) in [7, 11) is 3.22. The molecule has 0 aromatic heterocycles. The Morgan fingerprint density at radius 1 is 1.11 bits per heavy atom. The van der Waals surface area contributed by atoms with Crippen LogP contribution in [0.1, 0.15) is 51.0 Å². The molecule has 0 radical (unpaired) electrons. The van der Waals surface area contributed by atoms with Crippen LogP contribution in [-0.2, 0) is 16.0 Å². The second-order valence-corrected chi connectivity index (χ2v) is 7.34. The molecule has 6 nitrogen and oxygen atoms in total. The fourth-order valence-corrected chi connectivity index (χ4v) is 3.57. The smallest absolute Gasteiger partial charge is 0.223 e. The van der Waals surface area contributed by atoms with Crippen LogP contribution in [0.4, 0.5) is 0 Å². The van der Waals surface area contributed by atoms with E-state index in [4.69, 9.17) is 9.47 Å². The van der Waals surface area contributed by atoms with Crippen molar-refractivity contribution in [1.29, 1.82) is 0 Å². The maximum absolute atomic E-state index is 12.5. The lowest BCUT2D eigenvalue weighted by molar-refractivity contribution is -0.135. The normalized spacial score (nSPS) is 14.6. The summed E-state index contributed by atoms with van der Waals surface area (Å²) in [5, 5.41) is 3.03. The van der Waals surface area contributed by atoms with Gasteiger partial charge in [-0.1, -0.05) is 25.8 Å². The Morgan fingerprint density at radius 3 is 2.46 bits per heavy atom. The number of nitrogens with zero attached hydrogens (tertiary/aromatic N) is 1. The number of nitrogens with one attached hydrogen (secondary N) is 1. The molecule has 1 N–H and O–H groups in total. The maximum atomic E-state index is 12.5. The van der Waals surface area contributed by atoms with E-state index < -0.39 is 0 Å². The van der Waals surface area contributed by atoms with E-state index in [9.17, 15) is 9.59 Å². The maximum Gasteiger partial charge on any atom is 0.223 e. The predicted octanol–water partition coefficient (Wildman–Crippen LogP) is 3.18. The van der Waals surface area contributed by atoms with Crippen molar-refractivity contribution in [3.63, 3.8) is 0 Å². The molecule has 6 heteroatoms. The van der Waals surface area contributed by atoms with Gasteiger partial charge in [0.05, 0.1) is 14.2 Å². The molecular formula is C22H34N2O4. The second-order valence-electron chi connectivity index (χ2n) is 7.34. The molecule has 1 aliphatic heterocycles. The van der Waals surface area contributed by atoms with Gasteiger partial charge in [0, 0.05) is 32.0 Å². The van der Waals surface area contributed by atoms with Gasteiger partial charge in [0.2, 0.25) is 11.8 Å². The standard InChI is InChI=1S/C22H34N2O4/c1-4-5-6-13-23-22(26)18-11-14-24(15-12-18)21(25)10-8-17-7-9-19(27-2)20(16-17)28-3/h7,9,16,18H,4-6,8,10-15H2,1-3H3,(H,23,26). The summed E-state index contributed by atoms with van der Waals surface area (Å²) in [5.74, 6) is 1.70. The van der Waals surface area contributed by atoms with Crippen molar-refractivity contribution in [3.8, 4) is 11.5 Å². The molecule has 156 valence electrons. The summed E-state index contributed by atoms with van der Waals surface area (Å²) in [6, 6.07) is 5.74. The van der Waals surface area contributed by atoms with Crippen LogP contribution in [-0.4, -0.2) is 50.6 Å². The van der Waals surface area contributed by atoms with Gasteiger partial charge in [-0.25, -0.2) is 0 Å². The third-order valence-corrected chi connectivity index (χ3v) is 5.37. The van der Waals surface area contributed by atoms with Crippen molar-refractivity contribution in [3.05, 3.63) is 23.8 Å². The van der Waals surface area contributed by atoms with Crippen LogP contribution < -0.4 is 14.8 Å². The number of hydrogen-bond acceptors (Lipinski definition) is 4. The first kappa shape index (κ1) is 22.1. The molecule has 2 rings (SSSR count). The van der Waals surface area contributed by atoms with Crippen LogP contribution in [0.5, 0.6) is 11.5 Å². The monoisotopic (exact) mass is 390 g/mol. The van der Waals surface area contributed by atoms with Crippen molar-refractivity contribution >= 4 is 11.8 Å². The Morgan fingerprint density at radius 2 is 1.82 bits per heavy atom. The summed E-state index contributed by atoms with van der Waals surface area (Å²) >= 11 is 0. The number of aryl methyl sites for hydroxylation is 1. The Kier molecular flexibility index (Phi) is 9.11. The largest absolute Gasteiger partial charge is 0.493 e. The number of unbranched alkanes of at least 4 members (excludes halogenated alkanes) is 2. The number of amides is 2. The van der Waals surface area contributed by atoms with Gasteiger partial charge in [0.15, 0.2) is 11.5 Å². The number of carbonyl (C=O) groups excluding carboxylic acids is 2. The first-order valence-corrected chi connectivity index (χ1v) is 10.4. The van der Waals surface area contributed by atoms with Crippen LogP contribution in [0, 0.1) is 5.92 Å². The summed E-state index contributed by atoms with van der Waals surface area (Å²) in [6.45, 7) is 4.24. The topological polar surface area (TPSA) is 67.9 Å². The third kappa shape index (κ3) is 6.43.